The van der Waals surface area contributed by atoms with Crippen LogP contribution in [0.25, 0.3) is 0 Å². The summed E-state index contributed by atoms with van der Waals surface area (Å²) in [6.45, 7) is 0. The fourth-order valence-corrected chi connectivity index (χ4v) is 0. The zero-order chi connectivity index (χ0) is 0. The molecule has 0 atom stereocenters. The van der Waals surface area contributed by atoms with Crippen LogP contribution in [-0.4, -0.2) is 48.4 Å². The molecular weight excluding hydrogens is 171 g/mol. The molecule has 0 aromatic rings. The Morgan fingerprint density at radius 3 is 1.00 bits per heavy atom. The Hall–Kier alpha value is 3.05. The quantitative estimate of drug-likeness (QED) is 0.399. The third-order valence-electron chi connectivity index (χ3n) is 0. The van der Waals surface area contributed by atoms with E-state index in [1.54, 1.807) is 0 Å². The van der Waals surface area contributed by atoms with Crippen molar-refractivity contribution in [2.75, 3.05) is 0 Å². The van der Waals surface area contributed by atoms with Gasteiger partial charge in [-0.1, -0.05) is 0 Å². The van der Waals surface area contributed by atoms with E-state index < -0.39 is 0 Å². The van der Waals surface area contributed by atoms with E-state index in [2.05, 4.69) is 0 Å². The molecule has 0 aromatic heterocycles. The molecular formula is H2LiNaNbTi. The normalized spacial score (nSPS) is 0. The molecule has 0 aliphatic heterocycles. The van der Waals surface area contributed by atoms with Gasteiger partial charge in [-0.05, 0) is 0 Å². The van der Waals surface area contributed by atoms with Gasteiger partial charge in [0.25, 0.3) is 0 Å². The van der Waals surface area contributed by atoms with Crippen molar-refractivity contribution in [3.63, 3.8) is 0 Å². The summed E-state index contributed by atoms with van der Waals surface area (Å²) in [6, 6.07) is 0. The Bertz CT molecular complexity index is 8.00. The van der Waals surface area contributed by atoms with Crippen LogP contribution < -0.4 is 0 Å². The van der Waals surface area contributed by atoms with E-state index in [-0.39, 0.29) is 92.5 Å². The predicted octanol–water partition coefficient (Wildman–Crippen LogP) is -1.30. The van der Waals surface area contributed by atoms with Gasteiger partial charge in [-0.2, -0.15) is 0 Å². The molecule has 0 spiro atoms. The summed E-state index contributed by atoms with van der Waals surface area (Å²) in [6.07, 6.45) is 0. The second-order valence-corrected chi connectivity index (χ2v) is 0. The first kappa shape index (κ1) is 27.7. The summed E-state index contributed by atoms with van der Waals surface area (Å²) >= 11 is 0. The Balaban J connectivity index is 0. The maximum Gasteiger partial charge on any atom is 0 e. The molecule has 4 heavy (non-hydrogen) atoms. The van der Waals surface area contributed by atoms with E-state index in [0.29, 0.717) is 0 Å². The van der Waals surface area contributed by atoms with Crippen LogP contribution in [0.1, 0.15) is 0 Å². The summed E-state index contributed by atoms with van der Waals surface area (Å²) in [4.78, 5) is 0. The largest absolute Gasteiger partial charge is 0 e. The third kappa shape index (κ3) is 8.90. The van der Waals surface area contributed by atoms with Crippen LogP contribution in [0.5, 0.6) is 0 Å². The minimum absolute atomic E-state index is 0. The maximum atomic E-state index is 0. The van der Waals surface area contributed by atoms with Crippen molar-refractivity contribution < 1.29 is 44.1 Å². The van der Waals surface area contributed by atoms with Gasteiger partial charge in [0, 0.05) is 44.1 Å². The molecule has 0 aromatic carbocycles. The molecule has 0 rings (SSSR count). The molecule has 0 heterocycles. The van der Waals surface area contributed by atoms with E-state index >= 15 is 0 Å². The average molecular weight is 173 g/mol. The molecule has 13 valence electrons. The zero-order valence-electron chi connectivity index (χ0n) is 0.947. The van der Waals surface area contributed by atoms with E-state index in [4.69, 9.17) is 0 Å². The topological polar surface area (TPSA) is 0 Å². The van der Waals surface area contributed by atoms with Gasteiger partial charge in [0.05, 0.1) is 0 Å². The number of hydrogen-bond acceptors (Lipinski definition) is 0. The third-order valence-corrected chi connectivity index (χ3v) is 0. The molecule has 1 radical (unpaired) electrons. The predicted molar refractivity (Wildman–Crippen MR) is 14.3 cm³/mol. The van der Waals surface area contributed by atoms with Crippen molar-refractivity contribution in [3.8, 4) is 0 Å². The molecule has 0 nitrogen and oxygen atoms in total. The van der Waals surface area contributed by atoms with E-state index in [9.17, 15) is 0 Å². The standard InChI is InChI=1S/Li.Na.Nb.Ti.2H. The van der Waals surface area contributed by atoms with Crippen LogP contribution in [0, 0.1) is 0 Å². The molecule has 0 amide bonds. The zero-order valence-corrected chi connectivity index (χ0v) is 4.71. The molecule has 0 N–H and O–H groups in total. The summed E-state index contributed by atoms with van der Waals surface area (Å²) < 4.78 is 0. The van der Waals surface area contributed by atoms with Crippen molar-refractivity contribution in [1.82, 2.24) is 0 Å². The first-order chi connectivity index (χ1) is 0. The van der Waals surface area contributed by atoms with Crippen molar-refractivity contribution in [1.29, 1.82) is 0 Å². The summed E-state index contributed by atoms with van der Waals surface area (Å²) in [5, 5.41) is 0. The number of hydrogen-bond donors (Lipinski definition) is 0. The van der Waals surface area contributed by atoms with Gasteiger partial charge in [0.2, 0.25) is 0 Å². The van der Waals surface area contributed by atoms with Crippen LogP contribution >= 0.6 is 0 Å². The van der Waals surface area contributed by atoms with Gasteiger partial charge >= 0.3 is 48.4 Å². The average Bonchev–Trinajstić information content (AvgIpc) is 0. The molecule has 4 heteroatoms. The van der Waals surface area contributed by atoms with E-state index in [1.807, 2.05) is 0 Å². The Kier molecular flexibility index (Phi) is 115. The van der Waals surface area contributed by atoms with Gasteiger partial charge in [0.1, 0.15) is 0 Å². The molecule has 0 aliphatic carbocycles. The van der Waals surface area contributed by atoms with Crippen LogP contribution in [0.15, 0.2) is 0 Å². The maximum absolute atomic E-state index is 0. The second-order valence-electron chi connectivity index (χ2n) is 0. The fourth-order valence-electron chi connectivity index (χ4n) is 0. The second kappa shape index (κ2) is 16.6. The van der Waals surface area contributed by atoms with E-state index in [1.165, 1.54) is 0 Å². The Morgan fingerprint density at radius 2 is 1.00 bits per heavy atom. The van der Waals surface area contributed by atoms with Gasteiger partial charge in [-0.15, -0.1) is 0 Å². The molecule has 0 saturated heterocycles. The van der Waals surface area contributed by atoms with Crippen molar-refractivity contribution in [2.24, 2.45) is 0 Å². The van der Waals surface area contributed by atoms with Gasteiger partial charge in [0.15, 0.2) is 0 Å². The van der Waals surface area contributed by atoms with Crippen molar-refractivity contribution in [3.05, 3.63) is 0 Å². The SMILES string of the molecule is [LiH].[NaH].[Nb].[Ti]. The summed E-state index contributed by atoms with van der Waals surface area (Å²) in [5.74, 6) is 0. The minimum atomic E-state index is 0. The summed E-state index contributed by atoms with van der Waals surface area (Å²) in [7, 11) is 0. The van der Waals surface area contributed by atoms with Gasteiger partial charge in [-0.3, -0.25) is 0 Å². The molecule has 0 fully saturated rings. The monoisotopic (exact) mass is 173 g/mol. The van der Waals surface area contributed by atoms with Crippen LogP contribution in [0.4, 0.5) is 0 Å². The van der Waals surface area contributed by atoms with Gasteiger partial charge in [-0.25, -0.2) is 0 Å². The first-order valence-corrected chi connectivity index (χ1v) is 0. The first-order valence-electron chi connectivity index (χ1n) is 0. The number of rotatable bonds is 0. The molecule has 0 saturated carbocycles. The van der Waals surface area contributed by atoms with Crippen LogP contribution in [-0.2, 0) is 44.1 Å². The van der Waals surface area contributed by atoms with E-state index in [0.717, 1.165) is 0 Å². The summed E-state index contributed by atoms with van der Waals surface area (Å²) in [5.41, 5.74) is 0. The molecule has 0 unspecified atom stereocenters. The van der Waals surface area contributed by atoms with Crippen LogP contribution in [0.2, 0.25) is 0 Å². The fraction of sp³-hybridized carbons (Fsp3) is 0. The smallest absolute Gasteiger partial charge is 0 e. The Labute approximate surface area is 90.7 Å². The van der Waals surface area contributed by atoms with Crippen LogP contribution in [0.3, 0.4) is 0 Å². The van der Waals surface area contributed by atoms with Gasteiger partial charge < -0.3 is 0 Å². The molecule has 0 bridgehead atoms. The van der Waals surface area contributed by atoms with Crippen molar-refractivity contribution >= 4 is 48.4 Å². The van der Waals surface area contributed by atoms with Crippen molar-refractivity contribution in [2.45, 2.75) is 0 Å². The molecule has 0 aliphatic rings. The Morgan fingerprint density at radius 1 is 1.00 bits per heavy atom. The minimum Gasteiger partial charge on any atom is 0 e.